The van der Waals surface area contributed by atoms with Crippen LogP contribution in [0, 0.1) is 11.7 Å². The summed E-state index contributed by atoms with van der Waals surface area (Å²) in [6, 6.07) is 12.7. The molecule has 1 N–H and O–H groups in total. The van der Waals surface area contributed by atoms with Gasteiger partial charge in [-0.1, -0.05) is 39.0 Å². The second kappa shape index (κ2) is 10.0. The molecule has 1 aliphatic rings. The minimum Gasteiger partial charge on any atom is -0.491 e. The topological polar surface area (TPSA) is 75.7 Å². The van der Waals surface area contributed by atoms with Crippen molar-refractivity contribution < 1.29 is 22.3 Å². The van der Waals surface area contributed by atoms with Crippen molar-refractivity contribution in [2.24, 2.45) is 5.92 Å². The lowest BCUT2D eigenvalue weighted by molar-refractivity contribution is -0.126. The Morgan fingerprint density at radius 2 is 1.72 bits per heavy atom. The van der Waals surface area contributed by atoms with E-state index < -0.39 is 15.8 Å². The maximum Gasteiger partial charge on any atom is 0.243 e. The van der Waals surface area contributed by atoms with E-state index in [9.17, 15) is 17.6 Å². The molecule has 0 aromatic heterocycles. The minimum absolute atomic E-state index is 0.0396. The Bertz CT molecular complexity index is 1020. The first-order valence-corrected chi connectivity index (χ1v) is 12.3. The Balaban J connectivity index is 1.46. The zero-order chi connectivity index (χ0) is 23.4. The van der Waals surface area contributed by atoms with Gasteiger partial charge in [-0.3, -0.25) is 4.79 Å². The molecule has 2 aromatic rings. The lowest BCUT2D eigenvalue weighted by atomic mass is 9.86. The highest BCUT2D eigenvalue weighted by atomic mass is 32.2. The number of hydrogen-bond donors (Lipinski definition) is 1. The first-order chi connectivity index (χ1) is 15.1. The van der Waals surface area contributed by atoms with E-state index in [2.05, 4.69) is 26.1 Å². The molecule has 32 heavy (non-hydrogen) atoms. The van der Waals surface area contributed by atoms with Gasteiger partial charge in [-0.25, -0.2) is 12.8 Å². The van der Waals surface area contributed by atoms with Crippen molar-refractivity contribution in [3.63, 3.8) is 0 Å². The minimum atomic E-state index is -3.68. The van der Waals surface area contributed by atoms with E-state index in [0.717, 1.165) is 23.4 Å². The molecule has 1 aliphatic heterocycles. The third kappa shape index (κ3) is 5.86. The molecule has 0 unspecified atom stereocenters. The highest BCUT2D eigenvalue weighted by Gasteiger charge is 2.32. The number of nitrogens with zero attached hydrogens (tertiary/aromatic N) is 1. The highest BCUT2D eigenvalue weighted by Crippen LogP contribution is 2.31. The zero-order valence-corrected chi connectivity index (χ0v) is 19.6. The quantitative estimate of drug-likeness (QED) is 0.637. The Labute approximate surface area is 189 Å². The van der Waals surface area contributed by atoms with E-state index in [1.807, 2.05) is 24.3 Å². The average molecular weight is 463 g/mol. The van der Waals surface area contributed by atoms with Crippen LogP contribution in [0.25, 0.3) is 0 Å². The number of nitrogens with one attached hydrogen (secondary N) is 1. The van der Waals surface area contributed by atoms with Crippen LogP contribution >= 0.6 is 0 Å². The first-order valence-electron chi connectivity index (χ1n) is 10.8. The molecule has 1 fully saturated rings. The largest absolute Gasteiger partial charge is 0.491 e. The molecule has 6 nitrogen and oxygen atoms in total. The number of carbonyl (C=O) groups excluding carboxylic acids is 1. The molecule has 0 atom stereocenters. The van der Waals surface area contributed by atoms with Crippen molar-refractivity contribution in [3.05, 3.63) is 59.9 Å². The van der Waals surface area contributed by atoms with E-state index in [0.29, 0.717) is 26.0 Å². The normalized spacial score (nSPS) is 16.0. The zero-order valence-electron chi connectivity index (χ0n) is 18.8. The second-order valence-electron chi connectivity index (χ2n) is 9.02. The van der Waals surface area contributed by atoms with Gasteiger partial charge < -0.3 is 10.1 Å². The Morgan fingerprint density at radius 3 is 2.34 bits per heavy atom. The van der Waals surface area contributed by atoms with Crippen LogP contribution in [-0.4, -0.2) is 44.9 Å². The summed E-state index contributed by atoms with van der Waals surface area (Å²) in [5, 5.41) is 2.90. The molecular formula is C24H31FN2O4S. The maximum atomic E-state index is 13.1. The van der Waals surface area contributed by atoms with Gasteiger partial charge in [-0.2, -0.15) is 4.31 Å². The SMILES string of the molecule is CC(C)(C)c1ccccc1OCCNC(=O)C1CCN(S(=O)(=O)c2ccc(F)cc2)CC1. The molecule has 3 rings (SSSR count). The summed E-state index contributed by atoms with van der Waals surface area (Å²) in [6.45, 7) is 7.63. The predicted octanol–water partition coefficient (Wildman–Crippen LogP) is 3.72. The molecule has 1 amide bonds. The van der Waals surface area contributed by atoms with Crippen LogP contribution < -0.4 is 10.1 Å². The van der Waals surface area contributed by atoms with Gasteiger partial charge in [0.15, 0.2) is 0 Å². The number of amides is 1. The molecule has 0 aliphatic carbocycles. The molecule has 0 radical (unpaired) electrons. The van der Waals surface area contributed by atoms with Crippen LogP contribution in [0.3, 0.4) is 0 Å². The summed E-state index contributed by atoms with van der Waals surface area (Å²) in [4.78, 5) is 12.6. The molecule has 0 bridgehead atoms. The van der Waals surface area contributed by atoms with Crippen molar-refractivity contribution in [2.75, 3.05) is 26.2 Å². The summed E-state index contributed by atoms with van der Waals surface area (Å²) >= 11 is 0. The average Bonchev–Trinajstić information content (AvgIpc) is 2.76. The van der Waals surface area contributed by atoms with Crippen LogP contribution in [-0.2, 0) is 20.2 Å². The van der Waals surface area contributed by atoms with Crippen molar-refractivity contribution >= 4 is 15.9 Å². The third-order valence-corrected chi connectivity index (χ3v) is 7.54. The van der Waals surface area contributed by atoms with Crippen LogP contribution in [0.4, 0.5) is 4.39 Å². The predicted molar refractivity (Wildman–Crippen MR) is 122 cm³/mol. The molecule has 0 spiro atoms. The summed E-state index contributed by atoms with van der Waals surface area (Å²) in [5.41, 5.74) is 1.07. The number of sulfonamides is 1. The molecule has 8 heteroatoms. The van der Waals surface area contributed by atoms with Crippen molar-refractivity contribution in [2.45, 2.75) is 43.9 Å². The van der Waals surface area contributed by atoms with Crippen LogP contribution in [0.1, 0.15) is 39.2 Å². The number of benzene rings is 2. The van der Waals surface area contributed by atoms with Gasteiger partial charge in [0.1, 0.15) is 18.2 Å². The van der Waals surface area contributed by atoms with Gasteiger partial charge in [-0.05, 0) is 54.2 Å². The Hall–Kier alpha value is -2.45. The molecular weight excluding hydrogens is 431 g/mol. The number of halogens is 1. The standard InChI is InChI=1S/C24H31FN2O4S/c1-24(2,3)21-6-4-5-7-22(21)31-17-14-26-23(28)18-12-15-27(16-13-18)32(29,30)20-10-8-19(25)9-11-20/h4-11,18H,12-17H2,1-3H3,(H,26,28). The number of carbonyl (C=O) groups is 1. The third-order valence-electron chi connectivity index (χ3n) is 5.63. The van der Waals surface area contributed by atoms with Crippen molar-refractivity contribution in [3.8, 4) is 5.75 Å². The van der Waals surface area contributed by atoms with E-state index in [1.54, 1.807) is 0 Å². The van der Waals surface area contributed by atoms with Crippen molar-refractivity contribution in [1.82, 2.24) is 9.62 Å². The van der Waals surface area contributed by atoms with Gasteiger partial charge in [0.05, 0.1) is 11.4 Å². The molecule has 174 valence electrons. The van der Waals surface area contributed by atoms with Crippen LogP contribution in [0.15, 0.2) is 53.4 Å². The summed E-state index contributed by atoms with van der Waals surface area (Å²) in [7, 11) is -3.68. The Kier molecular flexibility index (Phi) is 7.56. The second-order valence-corrected chi connectivity index (χ2v) is 11.0. The number of piperidine rings is 1. The van der Waals surface area contributed by atoms with Gasteiger partial charge >= 0.3 is 0 Å². The van der Waals surface area contributed by atoms with Gasteiger partial charge in [0.2, 0.25) is 15.9 Å². The molecule has 2 aromatic carbocycles. The van der Waals surface area contributed by atoms with Gasteiger partial charge in [0.25, 0.3) is 0 Å². The number of rotatable bonds is 7. The van der Waals surface area contributed by atoms with Crippen LogP contribution in [0.2, 0.25) is 0 Å². The smallest absolute Gasteiger partial charge is 0.243 e. The van der Waals surface area contributed by atoms with Crippen LogP contribution in [0.5, 0.6) is 5.75 Å². The van der Waals surface area contributed by atoms with E-state index >= 15 is 0 Å². The first kappa shape index (κ1) is 24.2. The lowest BCUT2D eigenvalue weighted by Crippen LogP contribution is -2.43. The lowest BCUT2D eigenvalue weighted by Gasteiger charge is -2.30. The molecule has 1 heterocycles. The monoisotopic (exact) mass is 462 g/mol. The molecule has 0 saturated carbocycles. The van der Waals surface area contributed by atoms with Gasteiger partial charge in [0, 0.05) is 19.0 Å². The fourth-order valence-corrected chi connectivity index (χ4v) is 5.28. The number of para-hydroxylation sites is 1. The maximum absolute atomic E-state index is 13.1. The van der Waals surface area contributed by atoms with Gasteiger partial charge in [-0.15, -0.1) is 0 Å². The van der Waals surface area contributed by atoms with E-state index in [1.165, 1.54) is 16.4 Å². The van der Waals surface area contributed by atoms with E-state index in [-0.39, 0.29) is 35.2 Å². The van der Waals surface area contributed by atoms with Crippen molar-refractivity contribution in [1.29, 1.82) is 0 Å². The number of ether oxygens (including phenoxy) is 1. The molecule has 1 saturated heterocycles. The van der Waals surface area contributed by atoms with E-state index in [4.69, 9.17) is 4.74 Å². The summed E-state index contributed by atoms with van der Waals surface area (Å²) < 4.78 is 45.8. The highest BCUT2D eigenvalue weighted by molar-refractivity contribution is 7.89. The fourth-order valence-electron chi connectivity index (χ4n) is 3.81. The Morgan fingerprint density at radius 1 is 1.09 bits per heavy atom. The summed E-state index contributed by atoms with van der Waals surface area (Å²) in [6.07, 6.45) is 0.889. The fraction of sp³-hybridized carbons (Fsp3) is 0.458. The number of hydrogen-bond acceptors (Lipinski definition) is 4. The summed E-state index contributed by atoms with van der Waals surface area (Å²) in [5.74, 6) is 0.00632.